The summed E-state index contributed by atoms with van der Waals surface area (Å²) in [5.74, 6) is 0.868. The van der Waals surface area contributed by atoms with Crippen LogP contribution in [-0.4, -0.2) is 9.55 Å². The van der Waals surface area contributed by atoms with E-state index in [1.165, 1.54) is 11.3 Å². The number of nitrogens with zero attached hydrogens (tertiary/aromatic N) is 2. The summed E-state index contributed by atoms with van der Waals surface area (Å²) in [6.07, 6.45) is 0. The van der Waals surface area contributed by atoms with Crippen molar-refractivity contribution in [3.05, 3.63) is 27.6 Å². The van der Waals surface area contributed by atoms with Crippen molar-refractivity contribution >= 4 is 21.6 Å². The Morgan fingerprint density at radius 3 is 2.53 bits per heavy atom. The maximum Gasteiger partial charge on any atom is 0.262 e. The molecule has 0 fully saturated rings. The maximum atomic E-state index is 12.4. The van der Waals surface area contributed by atoms with E-state index in [0.717, 1.165) is 16.0 Å². The lowest BCUT2D eigenvalue weighted by atomic mass is 9.95. The van der Waals surface area contributed by atoms with Crippen molar-refractivity contribution in [1.82, 2.24) is 9.55 Å². The molecule has 0 saturated carbocycles. The zero-order chi connectivity index (χ0) is 12.8. The molecule has 0 saturated heterocycles. The van der Waals surface area contributed by atoms with Crippen LogP contribution in [0.4, 0.5) is 0 Å². The van der Waals surface area contributed by atoms with Crippen LogP contribution in [0.15, 0.2) is 16.2 Å². The summed E-state index contributed by atoms with van der Waals surface area (Å²) in [5, 5.41) is 2.66. The molecule has 3 nitrogen and oxygen atoms in total. The number of fused-ring (bicyclic) bond motifs is 1. The molecule has 0 spiro atoms. The zero-order valence-corrected chi connectivity index (χ0v) is 11.8. The van der Waals surface area contributed by atoms with Gasteiger partial charge in [-0.15, -0.1) is 11.3 Å². The van der Waals surface area contributed by atoms with E-state index in [1.807, 2.05) is 29.9 Å². The molecule has 0 bridgehead atoms. The highest BCUT2D eigenvalue weighted by atomic mass is 32.1. The van der Waals surface area contributed by atoms with E-state index in [-0.39, 0.29) is 17.0 Å². The molecular formula is C13H18N2OS. The fourth-order valence-corrected chi connectivity index (χ4v) is 2.69. The Morgan fingerprint density at radius 1 is 1.35 bits per heavy atom. The fourth-order valence-electron chi connectivity index (χ4n) is 1.93. The van der Waals surface area contributed by atoms with Gasteiger partial charge in [0.05, 0.1) is 5.39 Å². The Morgan fingerprint density at radius 2 is 2.00 bits per heavy atom. The Labute approximate surface area is 105 Å². The summed E-state index contributed by atoms with van der Waals surface area (Å²) >= 11 is 1.53. The quantitative estimate of drug-likeness (QED) is 0.778. The molecule has 0 amide bonds. The van der Waals surface area contributed by atoms with Gasteiger partial charge < -0.3 is 0 Å². The lowest BCUT2D eigenvalue weighted by molar-refractivity contribution is 0.451. The van der Waals surface area contributed by atoms with Gasteiger partial charge in [-0.05, 0) is 25.3 Å². The van der Waals surface area contributed by atoms with E-state index in [4.69, 9.17) is 0 Å². The van der Waals surface area contributed by atoms with Crippen LogP contribution in [0.3, 0.4) is 0 Å². The molecule has 2 aromatic rings. The number of rotatable bonds is 1. The summed E-state index contributed by atoms with van der Waals surface area (Å²) in [5.41, 5.74) is -0.0436. The minimum atomic E-state index is -0.123. The molecule has 0 aliphatic carbocycles. The molecule has 2 rings (SSSR count). The average molecular weight is 250 g/mol. The minimum absolute atomic E-state index is 0.0798. The van der Waals surface area contributed by atoms with Crippen molar-refractivity contribution in [3.63, 3.8) is 0 Å². The molecule has 0 radical (unpaired) electrons. The van der Waals surface area contributed by atoms with Crippen LogP contribution in [0, 0.1) is 0 Å². The van der Waals surface area contributed by atoms with Crippen LogP contribution in [-0.2, 0) is 5.41 Å². The topological polar surface area (TPSA) is 34.9 Å². The van der Waals surface area contributed by atoms with E-state index >= 15 is 0 Å². The first kappa shape index (κ1) is 12.3. The number of thiophene rings is 1. The summed E-state index contributed by atoms with van der Waals surface area (Å²) in [6.45, 7) is 10.3. The third-order valence-corrected chi connectivity index (χ3v) is 3.52. The number of aromatic nitrogens is 2. The van der Waals surface area contributed by atoms with Gasteiger partial charge in [-0.2, -0.15) is 0 Å². The Bertz CT molecular complexity index is 602. The van der Waals surface area contributed by atoms with Crippen LogP contribution < -0.4 is 5.56 Å². The average Bonchev–Trinajstić information content (AvgIpc) is 2.63. The van der Waals surface area contributed by atoms with E-state index < -0.39 is 0 Å². The van der Waals surface area contributed by atoms with Gasteiger partial charge in [0, 0.05) is 11.5 Å². The van der Waals surface area contributed by atoms with Crippen LogP contribution in [0.25, 0.3) is 10.2 Å². The summed E-state index contributed by atoms with van der Waals surface area (Å²) in [6, 6.07) is 1.99. The predicted octanol–water partition coefficient (Wildman–Crippen LogP) is 3.34. The summed E-state index contributed by atoms with van der Waals surface area (Å²) < 4.78 is 1.81. The highest BCUT2D eigenvalue weighted by Gasteiger charge is 2.24. The second kappa shape index (κ2) is 3.95. The van der Waals surface area contributed by atoms with Crippen LogP contribution in [0.1, 0.15) is 46.5 Å². The van der Waals surface area contributed by atoms with Crippen molar-refractivity contribution in [1.29, 1.82) is 0 Å². The molecule has 2 heterocycles. The second-order valence-electron chi connectivity index (χ2n) is 5.59. The zero-order valence-electron chi connectivity index (χ0n) is 10.9. The van der Waals surface area contributed by atoms with Gasteiger partial charge in [-0.1, -0.05) is 20.8 Å². The first-order valence-corrected chi connectivity index (χ1v) is 6.70. The molecular weight excluding hydrogens is 232 g/mol. The number of hydrogen-bond acceptors (Lipinski definition) is 3. The van der Waals surface area contributed by atoms with Gasteiger partial charge >= 0.3 is 0 Å². The molecule has 0 atom stereocenters. The lowest BCUT2D eigenvalue weighted by Crippen LogP contribution is -2.32. The van der Waals surface area contributed by atoms with Crippen LogP contribution in [0.2, 0.25) is 0 Å². The highest BCUT2D eigenvalue weighted by Crippen LogP contribution is 2.25. The van der Waals surface area contributed by atoms with Gasteiger partial charge in [0.15, 0.2) is 0 Å². The van der Waals surface area contributed by atoms with Crippen molar-refractivity contribution in [2.24, 2.45) is 0 Å². The standard InChI is InChI=1S/C13H18N2OS/c1-8(2)15-11(16)9-6-7-17-10(9)14-12(15)13(3,4)5/h6-8H,1-5H3. The van der Waals surface area contributed by atoms with Gasteiger partial charge in [0.1, 0.15) is 10.7 Å². The molecule has 0 aliphatic heterocycles. The van der Waals surface area contributed by atoms with E-state index in [2.05, 4.69) is 25.8 Å². The Balaban J connectivity index is 2.90. The summed E-state index contributed by atoms with van der Waals surface area (Å²) in [4.78, 5) is 17.9. The van der Waals surface area contributed by atoms with E-state index in [0.29, 0.717) is 0 Å². The first-order valence-electron chi connectivity index (χ1n) is 5.82. The Hall–Kier alpha value is -1.16. The fraction of sp³-hybridized carbons (Fsp3) is 0.538. The molecule has 92 valence electrons. The third kappa shape index (κ3) is 2.02. The molecule has 0 unspecified atom stereocenters. The largest absolute Gasteiger partial charge is 0.293 e. The molecule has 0 aromatic carbocycles. The van der Waals surface area contributed by atoms with Crippen molar-refractivity contribution in [3.8, 4) is 0 Å². The number of hydrogen-bond donors (Lipinski definition) is 0. The van der Waals surface area contributed by atoms with Crippen molar-refractivity contribution in [2.45, 2.75) is 46.1 Å². The van der Waals surface area contributed by atoms with E-state index in [9.17, 15) is 4.79 Å². The SMILES string of the molecule is CC(C)n1c(C(C)(C)C)nc2sccc2c1=O. The van der Waals surface area contributed by atoms with Gasteiger partial charge in [-0.25, -0.2) is 4.98 Å². The van der Waals surface area contributed by atoms with Gasteiger partial charge in [0.2, 0.25) is 0 Å². The van der Waals surface area contributed by atoms with Crippen molar-refractivity contribution < 1.29 is 0 Å². The van der Waals surface area contributed by atoms with Crippen LogP contribution >= 0.6 is 11.3 Å². The maximum absolute atomic E-state index is 12.4. The highest BCUT2D eigenvalue weighted by molar-refractivity contribution is 7.16. The lowest BCUT2D eigenvalue weighted by Gasteiger charge is -2.24. The summed E-state index contributed by atoms with van der Waals surface area (Å²) in [7, 11) is 0. The monoisotopic (exact) mass is 250 g/mol. The second-order valence-corrected chi connectivity index (χ2v) is 6.49. The molecule has 0 N–H and O–H groups in total. The molecule has 4 heteroatoms. The van der Waals surface area contributed by atoms with Gasteiger partial charge in [0.25, 0.3) is 5.56 Å². The molecule has 2 aromatic heterocycles. The minimum Gasteiger partial charge on any atom is -0.293 e. The van der Waals surface area contributed by atoms with Crippen molar-refractivity contribution in [2.75, 3.05) is 0 Å². The Kier molecular flexibility index (Phi) is 2.86. The smallest absolute Gasteiger partial charge is 0.262 e. The van der Waals surface area contributed by atoms with E-state index in [1.54, 1.807) is 0 Å². The van der Waals surface area contributed by atoms with Crippen LogP contribution in [0.5, 0.6) is 0 Å². The van der Waals surface area contributed by atoms with Gasteiger partial charge in [-0.3, -0.25) is 9.36 Å². The first-order chi connectivity index (χ1) is 7.82. The predicted molar refractivity (Wildman–Crippen MR) is 73.0 cm³/mol. The normalized spacial score (nSPS) is 12.6. The molecule has 0 aliphatic rings. The third-order valence-electron chi connectivity index (χ3n) is 2.72. The molecule has 17 heavy (non-hydrogen) atoms.